The molecule has 0 bridgehead atoms. The van der Waals surface area contributed by atoms with Gasteiger partial charge in [-0.2, -0.15) is 0 Å². The molecule has 0 spiro atoms. The largest absolute Gasteiger partial charge is 0.497 e. The van der Waals surface area contributed by atoms with E-state index in [1.54, 1.807) is 7.11 Å². The molecule has 5 nitrogen and oxygen atoms in total. The summed E-state index contributed by atoms with van der Waals surface area (Å²) >= 11 is 3.35. The van der Waals surface area contributed by atoms with Crippen LogP contribution in [0.2, 0.25) is 0 Å². The quantitative estimate of drug-likeness (QED) is 0.386. The first kappa shape index (κ1) is 25.5. The van der Waals surface area contributed by atoms with E-state index in [-0.39, 0.29) is 18.3 Å². The third kappa shape index (κ3) is 7.10. The van der Waals surface area contributed by atoms with Gasteiger partial charge in [0.2, 0.25) is 5.91 Å². The molecule has 0 saturated carbocycles. The molecule has 3 aromatic rings. The van der Waals surface area contributed by atoms with E-state index in [9.17, 15) is 4.79 Å². The van der Waals surface area contributed by atoms with E-state index < -0.39 is 0 Å². The van der Waals surface area contributed by atoms with E-state index in [4.69, 9.17) is 9.72 Å². The highest BCUT2D eigenvalue weighted by Crippen LogP contribution is 2.32. The van der Waals surface area contributed by atoms with Crippen molar-refractivity contribution in [3.63, 3.8) is 0 Å². The molecule has 1 aromatic heterocycles. The first-order chi connectivity index (χ1) is 14.4. The van der Waals surface area contributed by atoms with Gasteiger partial charge in [0.25, 0.3) is 0 Å². The van der Waals surface area contributed by atoms with Gasteiger partial charge in [-0.1, -0.05) is 37.3 Å². The third-order valence-corrected chi connectivity index (χ3v) is 6.59. The lowest BCUT2D eigenvalue weighted by Crippen LogP contribution is -2.37. The van der Waals surface area contributed by atoms with Crippen LogP contribution in [-0.4, -0.2) is 55.3 Å². The average molecular weight is 480 g/mol. The molecule has 0 aliphatic heterocycles. The van der Waals surface area contributed by atoms with Crippen LogP contribution in [0.5, 0.6) is 5.75 Å². The molecule has 0 unspecified atom stereocenters. The molecule has 0 saturated heterocycles. The van der Waals surface area contributed by atoms with Crippen LogP contribution in [0.1, 0.15) is 19.4 Å². The van der Waals surface area contributed by atoms with Crippen LogP contribution in [0, 0.1) is 0 Å². The summed E-state index contributed by atoms with van der Waals surface area (Å²) in [6.07, 6.45) is 0.360. The Morgan fingerprint density at radius 3 is 2.45 bits per heavy atom. The van der Waals surface area contributed by atoms with Crippen LogP contribution < -0.4 is 9.64 Å². The number of thiazole rings is 1. The highest BCUT2D eigenvalue weighted by Gasteiger charge is 2.20. The number of carbonyl (C=O) groups is 1. The molecular formula is C23H30ClN3O2S2. The molecule has 8 heteroatoms. The van der Waals surface area contributed by atoms with Gasteiger partial charge < -0.3 is 9.64 Å². The lowest BCUT2D eigenvalue weighted by Gasteiger charge is -2.22. The molecule has 2 aromatic carbocycles. The maximum Gasteiger partial charge on any atom is 0.233 e. The first-order valence-corrected chi connectivity index (χ1v) is 11.7. The van der Waals surface area contributed by atoms with Crippen molar-refractivity contribution in [2.24, 2.45) is 0 Å². The maximum absolute atomic E-state index is 13.2. The number of fused-ring (bicyclic) bond motifs is 1. The Morgan fingerprint density at radius 1 is 1.13 bits per heavy atom. The van der Waals surface area contributed by atoms with Crippen molar-refractivity contribution < 1.29 is 9.53 Å². The Balaban J connectivity index is 0.00000341. The zero-order valence-electron chi connectivity index (χ0n) is 18.6. The maximum atomic E-state index is 13.2. The minimum Gasteiger partial charge on any atom is -0.497 e. The Bertz CT molecular complexity index is 990. The van der Waals surface area contributed by atoms with Crippen molar-refractivity contribution in [3.8, 4) is 5.75 Å². The second-order valence-corrected chi connectivity index (χ2v) is 10.3. The fourth-order valence-electron chi connectivity index (χ4n) is 2.99. The summed E-state index contributed by atoms with van der Waals surface area (Å²) < 4.78 is 6.34. The smallest absolute Gasteiger partial charge is 0.233 e. The van der Waals surface area contributed by atoms with E-state index in [1.807, 2.05) is 49.0 Å². The summed E-state index contributed by atoms with van der Waals surface area (Å²) in [5, 5.41) is 1.27. The highest BCUT2D eigenvalue weighted by atomic mass is 35.5. The van der Waals surface area contributed by atoms with Crippen molar-refractivity contribution in [2.45, 2.75) is 30.4 Å². The lowest BCUT2D eigenvalue weighted by molar-refractivity contribution is -0.118. The van der Waals surface area contributed by atoms with Crippen LogP contribution in [0.3, 0.4) is 0 Å². The Hall–Kier alpha value is -1.80. The summed E-state index contributed by atoms with van der Waals surface area (Å²) in [7, 11) is 5.68. The topological polar surface area (TPSA) is 45.7 Å². The third-order valence-electron chi connectivity index (χ3n) is 4.54. The number of amides is 1. The molecule has 1 heterocycles. The van der Waals surface area contributed by atoms with Crippen LogP contribution >= 0.6 is 35.5 Å². The molecule has 31 heavy (non-hydrogen) atoms. The monoisotopic (exact) mass is 479 g/mol. The molecular weight excluding hydrogens is 450 g/mol. The number of thioether (sulfide) groups is 1. The Labute approximate surface area is 199 Å². The number of halogens is 1. The SMILES string of the molecule is COc1ccc2nc(N(CCN(C)C)C(=O)Cc3ccc(SC(C)C)cc3)sc2c1.Cl. The summed E-state index contributed by atoms with van der Waals surface area (Å²) in [4.78, 5) is 23.1. The van der Waals surface area contributed by atoms with Gasteiger partial charge in [-0.15, -0.1) is 24.2 Å². The number of hydrogen-bond donors (Lipinski definition) is 0. The van der Waals surface area contributed by atoms with Crippen LogP contribution in [-0.2, 0) is 11.2 Å². The second kappa shape index (κ2) is 11.7. The van der Waals surface area contributed by atoms with Gasteiger partial charge in [-0.05, 0) is 50.0 Å². The van der Waals surface area contributed by atoms with Gasteiger partial charge in [-0.3, -0.25) is 9.69 Å². The molecule has 3 rings (SSSR count). The standard InChI is InChI=1S/C23H29N3O2S2.ClH/c1-16(2)29-19-9-6-17(7-10-19)14-22(27)26(13-12-25(3)4)23-24-20-11-8-18(28-5)15-21(20)30-23;/h6-11,15-16H,12-14H2,1-5H3;1H. The van der Waals surface area contributed by atoms with E-state index in [0.717, 1.165) is 33.2 Å². The van der Waals surface area contributed by atoms with Gasteiger partial charge in [0.05, 0.1) is 23.7 Å². The predicted molar refractivity (Wildman–Crippen MR) is 135 cm³/mol. The minimum atomic E-state index is 0. The number of methoxy groups -OCH3 is 1. The number of aromatic nitrogens is 1. The van der Waals surface area contributed by atoms with Crippen molar-refractivity contribution in [2.75, 3.05) is 39.2 Å². The van der Waals surface area contributed by atoms with Crippen molar-refractivity contribution in [3.05, 3.63) is 48.0 Å². The normalized spacial score (nSPS) is 11.1. The Morgan fingerprint density at radius 2 is 1.84 bits per heavy atom. The van der Waals surface area contributed by atoms with Gasteiger partial charge in [0.1, 0.15) is 5.75 Å². The summed E-state index contributed by atoms with van der Waals surface area (Å²) in [5.74, 6) is 0.857. The fraction of sp³-hybridized carbons (Fsp3) is 0.391. The summed E-state index contributed by atoms with van der Waals surface area (Å²) in [6, 6.07) is 14.1. The van der Waals surface area contributed by atoms with Gasteiger partial charge in [0.15, 0.2) is 5.13 Å². The van der Waals surface area contributed by atoms with Crippen LogP contribution in [0.25, 0.3) is 10.2 Å². The van der Waals surface area contributed by atoms with Gasteiger partial charge in [0, 0.05) is 23.2 Å². The van der Waals surface area contributed by atoms with E-state index in [1.165, 1.54) is 16.2 Å². The number of hydrogen-bond acceptors (Lipinski definition) is 6. The van der Waals surface area contributed by atoms with Crippen molar-refractivity contribution in [1.82, 2.24) is 9.88 Å². The van der Waals surface area contributed by atoms with Crippen LogP contribution in [0.4, 0.5) is 5.13 Å². The number of benzene rings is 2. The molecule has 0 radical (unpaired) electrons. The number of anilines is 1. The zero-order chi connectivity index (χ0) is 21.7. The number of likely N-dealkylation sites (N-methyl/N-ethyl adjacent to an activating group) is 1. The van der Waals surface area contributed by atoms with E-state index >= 15 is 0 Å². The van der Waals surface area contributed by atoms with Gasteiger partial charge >= 0.3 is 0 Å². The minimum absolute atomic E-state index is 0. The molecule has 0 N–H and O–H groups in total. The van der Waals surface area contributed by atoms with Crippen LogP contribution in [0.15, 0.2) is 47.4 Å². The molecule has 168 valence electrons. The molecule has 0 aliphatic rings. The fourth-order valence-corrected chi connectivity index (χ4v) is 4.87. The van der Waals surface area contributed by atoms with E-state index in [2.05, 4.69) is 43.0 Å². The molecule has 0 aliphatic carbocycles. The molecule has 0 fully saturated rings. The number of carbonyl (C=O) groups excluding carboxylic acids is 1. The summed E-state index contributed by atoms with van der Waals surface area (Å²) in [6.45, 7) is 5.73. The Kier molecular flexibility index (Phi) is 9.62. The molecule has 0 atom stereocenters. The number of ether oxygens (including phenoxy) is 1. The first-order valence-electron chi connectivity index (χ1n) is 10.0. The average Bonchev–Trinajstić information content (AvgIpc) is 3.11. The van der Waals surface area contributed by atoms with Crippen molar-refractivity contribution >= 4 is 56.8 Å². The van der Waals surface area contributed by atoms with E-state index in [0.29, 0.717) is 18.2 Å². The second-order valence-electron chi connectivity index (χ2n) is 7.67. The zero-order valence-corrected chi connectivity index (χ0v) is 21.1. The predicted octanol–water partition coefficient (Wildman–Crippen LogP) is 5.36. The summed E-state index contributed by atoms with van der Waals surface area (Å²) in [5.41, 5.74) is 1.90. The number of nitrogens with zero attached hydrogens (tertiary/aromatic N) is 3. The van der Waals surface area contributed by atoms with Crippen molar-refractivity contribution in [1.29, 1.82) is 0 Å². The van der Waals surface area contributed by atoms with Gasteiger partial charge in [-0.25, -0.2) is 4.98 Å². The molecule has 1 amide bonds. The highest BCUT2D eigenvalue weighted by molar-refractivity contribution is 7.99. The number of rotatable bonds is 9. The lowest BCUT2D eigenvalue weighted by atomic mass is 10.1.